The van der Waals surface area contributed by atoms with Crippen molar-refractivity contribution in [2.24, 2.45) is 5.92 Å². The van der Waals surface area contributed by atoms with E-state index in [4.69, 9.17) is 4.74 Å². The molecule has 1 rings (SSSR count). The molecule has 21 heavy (non-hydrogen) atoms. The van der Waals surface area contributed by atoms with Crippen LogP contribution < -0.4 is 0 Å². The van der Waals surface area contributed by atoms with Crippen LogP contribution in [0.1, 0.15) is 45.6 Å². The summed E-state index contributed by atoms with van der Waals surface area (Å²) in [5, 5.41) is 14.8. The number of thiophene rings is 1. The molecule has 1 atom stereocenters. The van der Waals surface area contributed by atoms with Crippen LogP contribution in [-0.4, -0.2) is 29.1 Å². The molecule has 0 spiro atoms. The molecule has 4 nitrogen and oxygen atoms in total. The first-order valence-electron chi connectivity index (χ1n) is 7.28. The summed E-state index contributed by atoms with van der Waals surface area (Å²) < 4.78 is 4.77. The summed E-state index contributed by atoms with van der Waals surface area (Å²) in [6.07, 6.45) is 0.968. The van der Waals surface area contributed by atoms with E-state index in [-0.39, 0.29) is 31.1 Å². The molecule has 1 heterocycles. The highest BCUT2D eigenvalue weighted by Crippen LogP contribution is 2.28. The zero-order chi connectivity index (χ0) is 15.9. The number of carbonyl (C=O) groups excluding carboxylic acids is 2. The number of carbonyl (C=O) groups is 2. The third-order valence-electron chi connectivity index (χ3n) is 3.65. The molecule has 0 aliphatic heterocycles. The minimum Gasteiger partial charge on any atom is -0.466 e. The van der Waals surface area contributed by atoms with Gasteiger partial charge in [-0.15, -0.1) is 0 Å². The molecule has 0 bridgehead atoms. The zero-order valence-electron chi connectivity index (χ0n) is 12.9. The average molecular weight is 312 g/mol. The second-order valence-electron chi connectivity index (χ2n) is 5.59. The highest BCUT2D eigenvalue weighted by atomic mass is 32.1. The molecule has 1 aromatic heterocycles. The number of esters is 1. The number of Topliss-reactive ketones (excluding diaryl/α,β-unsaturated/α-hetero) is 1. The normalized spacial score (nSPS) is 14.0. The Bertz CT molecular complexity index is 453. The van der Waals surface area contributed by atoms with E-state index in [1.807, 2.05) is 30.7 Å². The first kappa shape index (κ1) is 17.9. The van der Waals surface area contributed by atoms with Crippen LogP contribution in [0.25, 0.3) is 0 Å². The number of aryl methyl sites for hydroxylation is 1. The van der Waals surface area contributed by atoms with E-state index < -0.39 is 11.6 Å². The zero-order valence-corrected chi connectivity index (χ0v) is 13.7. The molecule has 1 N–H and O–H groups in total. The molecule has 0 aromatic carbocycles. The van der Waals surface area contributed by atoms with Crippen molar-refractivity contribution in [3.63, 3.8) is 0 Å². The van der Waals surface area contributed by atoms with Gasteiger partial charge >= 0.3 is 5.97 Å². The van der Waals surface area contributed by atoms with Gasteiger partial charge in [0.05, 0.1) is 12.2 Å². The highest BCUT2D eigenvalue weighted by Gasteiger charge is 2.33. The highest BCUT2D eigenvalue weighted by molar-refractivity contribution is 7.07. The van der Waals surface area contributed by atoms with Gasteiger partial charge in [0, 0.05) is 6.42 Å². The fourth-order valence-corrected chi connectivity index (χ4v) is 2.86. The van der Waals surface area contributed by atoms with Crippen molar-refractivity contribution in [2.75, 3.05) is 6.61 Å². The van der Waals surface area contributed by atoms with Gasteiger partial charge in [-0.1, -0.05) is 13.8 Å². The fourth-order valence-electron chi connectivity index (χ4n) is 2.15. The van der Waals surface area contributed by atoms with E-state index in [0.29, 0.717) is 6.42 Å². The van der Waals surface area contributed by atoms with Gasteiger partial charge in [-0.3, -0.25) is 9.59 Å². The SMILES string of the molecule is CCOC(=O)CC(=O)C[C@](O)(CCc1ccsc1)C(C)C. The van der Waals surface area contributed by atoms with Gasteiger partial charge in [-0.05, 0) is 48.1 Å². The Labute approximate surface area is 130 Å². The second kappa shape index (κ2) is 8.29. The molecular formula is C16H24O4S. The Hall–Kier alpha value is -1.20. The van der Waals surface area contributed by atoms with Crippen molar-refractivity contribution in [1.82, 2.24) is 0 Å². The van der Waals surface area contributed by atoms with Crippen LogP contribution in [0.4, 0.5) is 0 Å². The lowest BCUT2D eigenvalue weighted by Gasteiger charge is -2.31. The number of hydrogen-bond acceptors (Lipinski definition) is 5. The van der Waals surface area contributed by atoms with E-state index in [0.717, 1.165) is 12.0 Å². The van der Waals surface area contributed by atoms with E-state index in [1.165, 1.54) is 0 Å². The van der Waals surface area contributed by atoms with Gasteiger partial charge in [0.1, 0.15) is 12.2 Å². The van der Waals surface area contributed by atoms with E-state index in [9.17, 15) is 14.7 Å². The van der Waals surface area contributed by atoms with Gasteiger partial charge in [-0.2, -0.15) is 11.3 Å². The fraction of sp³-hybridized carbons (Fsp3) is 0.625. The Morgan fingerprint density at radius 2 is 2.14 bits per heavy atom. The first-order valence-corrected chi connectivity index (χ1v) is 8.22. The average Bonchev–Trinajstić information content (AvgIpc) is 2.89. The van der Waals surface area contributed by atoms with Crippen molar-refractivity contribution in [3.8, 4) is 0 Å². The number of aliphatic hydroxyl groups is 1. The lowest BCUT2D eigenvalue weighted by atomic mass is 9.80. The molecule has 0 saturated heterocycles. The van der Waals surface area contributed by atoms with Gasteiger partial charge in [0.25, 0.3) is 0 Å². The van der Waals surface area contributed by atoms with Crippen LogP contribution in [-0.2, 0) is 20.7 Å². The van der Waals surface area contributed by atoms with Crippen LogP contribution in [0.3, 0.4) is 0 Å². The minimum absolute atomic E-state index is 0.00633. The Kier molecular flexibility index (Phi) is 7.05. The minimum atomic E-state index is -1.08. The summed E-state index contributed by atoms with van der Waals surface area (Å²) >= 11 is 1.62. The predicted octanol–water partition coefficient (Wildman–Crippen LogP) is 2.98. The van der Waals surface area contributed by atoms with Crippen molar-refractivity contribution in [2.45, 2.75) is 52.1 Å². The van der Waals surface area contributed by atoms with Gasteiger partial charge < -0.3 is 9.84 Å². The Morgan fingerprint density at radius 3 is 2.67 bits per heavy atom. The summed E-state index contributed by atoms with van der Waals surface area (Å²) in [6.45, 7) is 5.75. The maximum atomic E-state index is 12.0. The number of ether oxygens (including phenoxy) is 1. The molecule has 0 amide bonds. The van der Waals surface area contributed by atoms with Gasteiger partial charge in [-0.25, -0.2) is 0 Å². The van der Waals surface area contributed by atoms with Crippen LogP contribution in [0.2, 0.25) is 0 Å². The van der Waals surface area contributed by atoms with Crippen molar-refractivity contribution in [3.05, 3.63) is 22.4 Å². The molecule has 0 aliphatic carbocycles. The Morgan fingerprint density at radius 1 is 1.43 bits per heavy atom. The monoisotopic (exact) mass is 312 g/mol. The van der Waals surface area contributed by atoms with Gasteiger partial charge in [0.15, 0.2) is 0 Å². The van der Waals surface area contributed by atoms with E-state index in [1.54, 1.807) is 18.3 Å². The largest absolute Gasteiger partial charge is 0.466 e. The Balaban J connectivity index is 2.58. The van der Waals surface area contributed by atoms with Crippen LogP contribution >= 0.6 is 11.3 Å². The summed E-state index contributed by atoms with van der Waals surface area (Å²) in [6, 6.07) is 2.02. The third-order valence-corrected chi connectivity index (χ3v) is 4.38. The molecule has 0 aliphatic rings. The molecule has 0 saturated carbocycles. The first-order chi connectivity index (χ1) is 9.87. The van der Waals surface area contributed by atoms with Crippen LogP contribution in [0, 0.1) is 5.92 Å². The molecule has 5 heteroatoms. The van der Waals surface area contributed by atoms with Crippen molar-refractivity contribution >= 4 is 23.1 Å². The third kappa shape index (κ3) is 5.98. The van der Waals surface area contributed by atoms with Crippen molar-refractivity contribution < 1.29 is 19.4 Å². The van der Waals surface area contributed by atoms with E-state index in [2.05, 4.69) is 0 Å². The molecule has 0 radical (unpaired) electrons. The molecule has 118 valence electrons. The van der Waals surface area contributed by atoms with Crippen molar-refractivity contribution in [1.29, 1.82) is 0 Å². The number of hydrogen-bond donors (Lipinski definition) is 1. The molecular weight excluding hydrogens is 288 g/mol. The van der Waals surface area contributed by atoms with Crippen LogP contribution in [0.15, 0.2) is 16.8 Å². The topological polar surface area (TPSA) is 63.6 Å². The summed E-state index contributed by atoms with van der Waals surface area (Å²) in [5.41, 5.74) is 0.0859. The second-order valence-corrected chi connectivity index (χ2v) is 6.37. The summed E-state index contributed by atoms with van der Waals surface area (Å²) in [7, 11) is 0. The quantitative estimate of drug-likeness (QED) is 0.562. The number of rotatable bonds is 9. The summed E-state index contributed by atoms with van der Waals surface area (Å²) in [4.78, 5) is 23.3. The number of ketones is 1. The maximum absolute atomic E-state index is 12.0. The lowest BCUT2D eigenvalue weighted by molar-refractivity contribution is -0.146. The van der Waals surface area contributed by atoms with Gasteiger partial charge in [0.2, 0.25) is 0 Å². The lowest BCUT2D eigenvalue weighted by Crippen LogP contribution is -2.38. The predicted molar refractivity (Wildman–Crippen MR) is 83.3 cm³/mol. The summed E-state index contributed by atoms with van der Waals surface area (Å²) in [5.74, 6) is -0.844. The van der Waals surface area contributed by atoms with E-state index >= 15 is 0 Å². The molecule has 1 aromatic rings. The standard InChI is InChI=1S/C16H24O4S/c1-4-20-15(18)9-14(17)10-16(19,12(2)3)7-5-13-6-8-21-11-13/h6,8,11-12,19H,4-5,7,9-10H2,1-3H3/t16-/m1/s1. The smallest absolute Gasteiger partial charge is 0.313 e. The molecule has 0 fully saturated rings. The molecule has 0 unspecified atom stereocenters. The maximum Gasteiger partial charge on any atom is 0.313 e. The van der Waals surface area contributed by atoms with Crippen LogP contribution in [0.5, 0.6) is 0 Å².